The van der Waals surface area contributed by atoms with E-state index < -0.39 is 0 Å². The number of rotatable bonds is 8. The van der Waals surface area contributed by atoms with Crippen LogP contribution in [0.25, 0.3) is 0 Å². The Balaban J connectivity index is 2.38. The summed E-state index contributed by atoms with van der Waals surface area (Å²) >= 11 is 1.36. The van der Waals surface area contributed by atoms with Crippen LogP contribution in [0.1, 0.15) is 11.1 Å². The van der Waals surface area contributed by atoms with Gasteiger partial charge in [-0.25, -0.2) is 0 Å². The van der Waals surface area contributed by atoms with Crippen molar-refractivity contribution in [3.63, 3.8) is 0 Å². The summed E-state index contributed by atoms with van der Waals surface area (Å²) in [4.78, 5) is 0.735. The number of thioether (sulfide) groups is 1. The van der Waals surface area contributed by atoms with Crippen molar-refractivity contribution in [1.82, 2.24) is 0 Å². The summed E-state index contributed by atoms with van der Waals surface area (Å²) in [5.41, 5.74) is 0.766. The Morgan fingerprint density at radius 3 is 2.68 bits per heavy atom. The number of methoxy groups -OCH3 is 1. The maximum Gasteiger partial charge on any atom is 0.147 e. The molecular formula is C13H14N2O3S. The highest BCUT2D eigenvalue weighted by atomic mass is 32.2. The van der Waals surface area contributed by atoms with Crippen molar-refractivity contribution in [3.8, 4) is 12.1 Å². The monoisotopic (exact) mass is 278 g/mol. The summed E-state index contributed by atoms with van der Waals surface area (Å²) < 4.78 is 15.2. The van der Waals surface area contributed by atoms with E-state index in [9.17, 15) is 0 Å². The maximum atomic E-state index is 9.04. The number of ether oxygens (including phenoxy) is 3. The molecule has 0 fully saturated rings. The Hall–Kier alpha value is -1.57. The third-order valence-electron chi connectivity index (χ3n) is 2.15. The highest BCUT2D eigenvalue weighted by Crippen LogP contribution is 2.24. The summed E-state index contributed by atoms with van der Waals surface area (Å²) in [6.45, 7) is 1.18. The number of nitriles is 2. The lowest BCUT2D eigenvalue weighted by Gasteiger charge is -2.07. The molecule has 6 heteroatoms. The van der Waals surface area contributed by atoms with Crippen LogP contribution in [-0.2, 0) is 14.2 Å². The van der Waals surface area contributed by atoms with E-state index in [0.29, 0.717) is 30.3 Å². The molecule has 1 rings (SSSR count). The van der Waals surface area contributed by atoms with Crippen LogP contribution < -0.4 is 0 Å². The first-order valence-corrected chi connectivity index (χ1v) is 6.52. The van der Waals surface area contributed by atoms with E-state index in [1.54, 1.807) is 25.3 Å². The Morgan fingerprint density at radius 2 is 2.00 bits per heavy atom. The molecule has 0 aliphatic heterocycles. The average molecular weight is 278 g/mol. The van der Waals surface area contributed by atoms with Gasteiger partial charge in [0.15, 0.2) is 0 Å². The first-order chi connectivity index (χ1) is 9.33. The van der Waals surface area contributed by atoms with Gasteiger partial charge in [-0.15, -0.1) is 0 Å². The van der Waals surface area contributed by atoms with Crippen molar-refractivity contribution in [2.24, 2.45) is 0 Å². The smallest absolute Gasteiger partial charge is 0.147 e. The molecule has 0 N–H and O–H groups in total. The Morgan fingerprint density at radius 1 is 1.16 bits per heavy atom. The van der Waals surface area contributed by atoms with Crippen molar-refractivity contribution in [2.45, 2.75) is 4.90 Å². The zero-order valence-electron chi connectivity index (χ0n) is 10.6. The average Bonchev–Trinajstić information content (AvgIpc) is 2.45. The van der Waals surface area contributed by atoms with Gasteiger partial charge in [-0.1, -0.05) is 17.8 Å². The molecule has 0 saturated carbocycles. The van der Waals surface area contributed by atoms with Gasteiger partial charge in [-0.3, -0.25) is 0 Å². The van der Waals surface area contributed by atoms with Crippen LogP contribution in [0.2, 0.25) is 0 Å². The largest absolute Gasteiger partial charge is 0.382 e. The fourth-order valence-electron chi connectivity index (χ4n) is 1.26. The number of benzene rings is 1. The maximum absolute atomic E-state index is 9.04. The van der Waals surface area contributed by atoms with E-state index in [0.717, 1.165) is 4.90 Å². The lowest BCUT2D eigenvalue weighted by molar-refractivity contribution is -0.0507. The molecule has 0 atom stereocenters. The Bertz CT molecular complexity index is 480. The molecule has 0 aliphatic rings. The van der Waals surface area contributed by atoms with Crippen LogP contribution in [0.4, 0.5) is 0 Å². The van der Waals surface area contributed by atoms with E-state index in [1.807, 2.05) is 12.1 Å². The summed E-state index contributed by atoms with van der Waals surface area (Å²) in [7, 11) is 1.60. The van der Waals surface area contributed by atoms with Gasteiger partial charge in [0.05, 0.1) is 30.3 Å². The minimum absolute atomic E-state index is 0.177. The van der Waals surface area contributed by atoms with Gasteiger partial charge < -0.3 is 14.2 Å². The summed E-state index contributed by atoms with van der Waals surface area (Å²) in [6.07, 6.45) is 0. The van der Waals surface area contributed by atoms with E-state index in [-0.39, 0.29) is 6.79 Å². The molecule has 100 valence electrons. The van der Waals surface area contributed by atoms with Crippen molar-refractivity contribution < 1.29 is 14.2 Å². The van der Waals surface area contributed by atoms with Gasteiger partial charge in [0.25, 0.3) is 0 Å². The lowest BCUT2D eigenvalue weighted by atomic mass is 10.1. The predicted octanol–water partition coefficient (Wildman–Crippen LogP) is 2.12. The van der Waals surface area contributed by atoms with Crippen LogP contribution in [-0.4, -0.2) is 33.1 Å². The summed E-state index contributed by atoms with van der Waals surface area (Å²) in [5.74, 6) is 0.358. The SMILES string of the molecule is COCCOCOCSc1cccc(C#N)c1C#N. The molecule has 0 radical (unpaired) electrons. The van der Waals surface area contributed by atoms with Gasteiger partial charge in [-0.05, 0) is 12.1 Å². The molecule has 0 amide bonds. The second kappa shape index (κ2) is 9.37. The van der Waals surface area contributed by atoms with Crippen LogP contribution in [0.3, 0.4) is 0 Å². The van der Waals surface area contributed by atoms with Crippen LogP contribution >= 0.6 is 11.8 Å². The number of nitrogens with zero attached hydrogens (tertiary/aromatic N) is 2. The first kappa shape index (κ1) is 15.5. The van der Waals surface area contributed by atoms with Gasteiger partial charge in [0.1, 0.15) is 18.9 Å². The molecule has 0 unspecified atom stereocenters. The molecule has 0 saturated heterocycles. The van der Waals surface area contributed by atoms with Crippen LogP contribution in [0.5, 0.6) is 0 Å². The molecule has 19 heavy (non-hydrogen) atoms. The third-order valence-corrected chi connectivity index (χ3v) is 3.09. The molecular weight excluding hydrogens is 264 g/mol. The Kier molecular flexibility index (Phi) is 7.64. The normalized spacial score (nSPS) is 9.84. The molecule has 0 aliphatic carbocycles. The minimum Gasteiger partial charge on any atom is -0.382 e. The molecule has 0 aromatic heterocycles. The van der Waals surface area contributed by atoms with E-state index in [1.165, 1.54) is 11.8 Å². The van der Waals surface area contributed by atoms with E-state index >= 15 is 0 Å². The van der Waals surface area contributed by atoms with E-state index in [2.05, 4.69) is 0 Å². The first-order valence-electron chi connectivity index (χ1n) is 5.54. The molecule has 1 aromatic rings. The zero-order valence-corrected chi connectivity index (χ0v) is 11.4. The summed E-state index contributed by atoms with van der Waals surface area (Å²) in [6, 6.07) is 9.19. The fourth-order valence-corrected chi connectivity index (χ4v) is 2.01. The third kappa shape index (κ3) is 5.29. The number of hydrogen-bond donors (Lipinski definition) is 0. The minimum atomic E-state index is 0.177. The van der Waals surface area contributed by atoms with E-state index in [4.69, 9.17) is 24.7 Å². The van der Waals surface area contributed by atoms with Gasteiger partial charge in [0.2, 0.25) is 0 Å². The zero-order chi connectivity index (χ0) is 13.9. The standard InChI is InChI=1S/C13H14N2O3S/c1-16-5-6-17-9-18-10-19-13-4-2-3-11(7-14)12(13)8-15/h2-4H,5-6,9-10H2,1H3. The molecule has 5 nitrogen and oxygen atoms in total. The van der Waals surface area contributed by atoms with Crippen molar-refractivity contribution in [3.05, 3.63) is 29.3 Å². The summed E-state index contributed by atoms with van der Waals surface area (Å²) in [5, 5.41) is 17.9. The lowest BCUT2D eigenvalue weighted by Crippen LogP contribution is -2.05. The quantitative estimate of drug-likeness (QED) is 0.412. The highest BCUT2D eigenvalue weighted by Gasteiger charge is 2.07. The second-order valence-electron chi connectivity index (χ2n) is 3.39. The van der Waals surface area contributed by atoms with Crippen molar-refractivity contribution >= 4 is 11.8 Å². The topological polar surface area (TPSA) is 75.3 Å². The highest BCUT2D eigenvalue weighted by molar-refractivity contribution is 7.99. The molecule has 0 spiro atoms. The van der Waals surface area contributed by atoms with Crippen molar-refractivity contribution in [2.75, 3.05) is 33.1 Å². The fraction of sp³-hybridized carbons (Fsp3) is 0.385. The van der Waals surface area contributed by atoms with Gasteiger partial charge in [-0.2, -0.15) is 10.5 Å². The van der Waals surface area contributed by atoms with Crippen molar-refractivity contribution in [1.29, 1.82) is 10.5 Å². The second-order valence-corrected chi connectivity index (χ2v) is 4.35. The number of hydrogen-bond acceptors (Lipinski definition) is 6. The molecule has 0 heterocycles. The van der Waals surface area contributed by atoms with Gasteiger partial charge in [0, 0.05) is 12.0 Å². The van der Waals surface area contributed by atoms with Crippen LogP contribution in [0.15, 0.2) is 23.1 Å². The molecule has 0 bridgehead atoms. The van der Waals surface area contributed by atoms with Gasteiger partial charge >= 0.3 is 0 Å². The molecule has 1 aromatic carbocycles. The van der Waals surface area contributed by atoms with Crippen LogP contribution in [0, 0.1) is 22.7 Å². The Labute approximate surface area is 116 Å². The predicted molar refractivity (Wildman–Crippen MR) is 70.4 cm³/mol.